The summed E-state index contributed by atoms with van der Waals surface area (Å²) in [4.78, 5) is 28.9. The van der Waals surface area contributed by atoms with Crippen LogP contribution in [-0.2, 0) is 16.1 Å². The SMILES string of the molecule is CC(=O)CC(CN)c1cc(Cl)ccc1OCC(=O)N1C[C@H](C)N(Cc2ccc(F)cc2)C[C@H]1C. The van der Waals surface area contributed by atoms with Gasteiger partial charge in [0.2, 0.25) is 0 Å². The molecule has 6 nitrogen and oxygen atoms in total. The summed E-state index contributed by atoms with van der Waals surface area (Å²) in [5.74, 6) is -0.0276. The van der Waals surface area contributed by atoms with Gasteiger partial charge < -0.3 is 20.2 Å². The fourth-order valence-electron chi connectivity index (χ4n) is 4.45. The van der Waals surface area contributed by atoms with Crippen molar-refractivity contribution in [3.63, 3.8) is 0 Å². The number of benzene rings is 2. The number of nitrogens with zero attached hydrogens (tertiary/aromatic N) is 2. The van der Waals surface area contributed by atoms with Gasteiger partial charge in [0, 0.05) is 54.6 Å². The van der Waals surface area contributed by atoms with E-state index in [1.165, 1.54) is 19.1 Å². The molecule has 1 unspecified atom stereocenters. The number of halogens is 2. The van der Waals surface area contributed by atoms with Gasteiger partial charge in [-0.15, -0.1) is 0 Å². The third-order valence-electron chi connectivity index (χ3n) is 6.32. The Hall–Kier alpha value is -2.48. The van der Waals surface area contributed by atoms with E-state index >= 15 is 0 Å². The molecule has 0 bridgehead atoms. The van der Waals surface area contributed by atoms with Gasteiger partial charge in [0.1, 0.15) is 17.3 Å². The van der Waals surface area contributed by atoms with Crippen LogP contribution in [0.2, 0.25) is 5.02 Å². The van der Waals surface area contributed by atoms with E-state index in [0.29, 0.717) is 30.4 Å². The molecule has 1 amide bonds. The lowest BCUT2D eigenvalue weighted by molar-refractivity contribution is -0.139. The molecule has 0 saturated carbocycles. The quantitative estimate of drug-likeness (QED) is 0.576. The number of nitrogens with two attached hydrogens (primary N) is 1. The molecule has 0 aromatic heterocycles. The molecule has 34 heavy (non-hydrogen) atoms. The van der Waals surface area contributed by atoms with Crippen LogP contribution in [0.4, 0.5) is 4.39 Å². The van der Waals surface area contributed by atoms with E-state index in [4.69, 9.17) is 22.1 Å². The zero-order chi connectivity index (χ0) is 24.8. The van der Waals surface area contributed by atoms with Crippen molar-refractivity contribution >= 4 is 23.3 Å². The number of hydrogen-bond acceptors (Lipinski definition) is 5. The first-order chi connectivity index (χ1) is 16.2. The smallest absolute Gasteiger partial charge is 0.260 e. The predicted molar refractivity (Wildman–Crippen MR) is 131 cm³/mol. The Morgan fingerprint density at radius 2 is 1.85 bits per heavy atom. The van der Waals surface area contributed by atoms with Crippen molar-refractivity contribution in [1.82, 2.24) is 9.80 Å². The van der Waals surface area contributed by atoms with Crippen LogP contribution in [0.1, 0.15) is 44.2 Å². The Kier molecular flexibility index (Phi) is 9.05. The number of Topliss-reactive ketones (excluding diaryl/α,β-unsaturated/α-hetero) is 1. The fourth-order valence-corrected chi connectivity index (χ4v) is 4.63. The molecule has 2 N–H and O–H groups in total. The molecular weight excluding hydrogens is 457 g/mol. The van der Waals surface area contributed by atoms with Crippen molar-refractivity contribution in [3.05, 3.63) is 64.4 Å². The third-order valence-corrected chi connectivity index (χ3v) is 6.55. The van der Waals surface area contributed by atoms with Crippen LogP contribution in [0, 0.1) is 5.82 Å². The van der Waals surface area contributed by atoms with Gasteiger partial charge in [-0.05, 0) is 63.2 Å². The molecule has 0 spiro atoms. The number of ether oxygens (including phenoxy) is 1. The summed E-state index contributed by atoms with van der Waals surface area (Å²) >= 11 is 6.17. The van der Waals surface area contributed by atoms with Gasteiger partial charge in [-0.1, -0.05) is 23.7 Å². The van der Waals surface area contributed by atoms with E-state index < -0.39 is 0 Å². The highest BCUT2D eigenvalue weighted by atomic mass is 35.5. The van der Waals surface area contributed by atoms with Gasteiger partial charge in [0.15, 0.2) is 6.61 Å². The van der Waals surface area contributed by atoms with Crippen molar-refractivity contribution in [2.45, 2.75) is 51.7 Å². The molecule has 2 aromatic carbocycles. The Labute approximate surface area is 205 Å². The molecule has 1 aliphatic rings. The van der Waals surface area contributed by atoms with E-state index in [0.717, 1.165) is 11.1 Å². The van der Waals surface area contributed by atoms with Crippen LogP contribution in [-0.4, -0.2) is 59.8 Å². The molecule has 2 aromatic rings. The van der Waals surface area contributed by atoms with Crippen molar-refractivity contribution < 1.29 is 18.7 Å². The Morgan fingerprint density at radius 3 is 2.50 bits per heavy atom. The number of carbonyl (C=O) groups is 2. The maximum absolute atomic E-state index is 13.2. The largest absolute Gasteiger partial charge is 0.483 e. The molecule has 1 aliphatic heterocycles. The van der Waals surface area contributed by atoms with Crippen LogP contribution in [0.5, 0.6) is 5.75 Å². The van der Waals surface area contributed by atoms with Crippen LogP contribution < -0.4 is 10.5 Å². The van der Waals surface area contributed by atoms with E-state index in [1.54, 1.807) is 30.3 Å². The lowest BCUT2D eigenvalue weighted by Gasteiger charge is -2.44. The number of hydrogen-bond donors (Lipinski definition) is 1. The first kappa shape index (κ1) is 26.1. The van der Waals surface area contributed by atoms with E-state index in [-0.39, 0.29) is 55.1 Å². The number of carbonyl (C=O) groups excluding carboxylic acids is 2. The minimum Gasteiger partial charge on any atom is -0.483 e. The number of amides is 1. The number of ketones is 1. The highest BCUT2D eigenvalue weighted by molar-refractivity contribution is 6.30. The average molecular weight is 490 g/mol. The maximum Gasteiger partial charge on any atom is 0.260 e. The second-order valence-corrected chi connectivity index (χ2v) is 9.55. The topological polar surface area (TPSA) is 75.9 Å². The molecule has 1 saturated heterocycles. The van der Waals surface area contributed by atoms with Crippen molar-refractivity contribution in [1.29, 1.82) is 0 Å². The second-order valence-electron chi connectivity index (χ2n) is 9.11. The Bertz CT molecular complexity index is 1000. The van der Waals surface area contributed by atoms with Gasteiger partial charge in [-0.2, -0.15) is 0 Å². The van der Waals surface area contributed by atoms with Gasteiger partial charge in [0.05, 0.1) is 0 Å². The molecule has 184 valence electrons. The first-order valence-electron chi connectivity index (χ1n) is 11.6. The van der Waals surface area contributed by atoms with Gasteiger partial charge in [-0.25, -0.2) is 4.39 Å². The molecule has 3 rings (SSSR count). The minimum atomic E-state index is -0.247. The summed E-state index contributed by atoms with van der Waals surface area (Å²) in [5.41, 5.74) is 7.68. The van der Waals surface area contributed by atoms with Crippen LogP contribution >= 0.6 is 11.6 Å². The zero-order valence-electron chi connectivity index (χ0n) is 20.0. The highest BCUT2D eigenvalue weighted by Gasteiger charge is 2.32. The second kappa shape index (κ2) is 11.8. The van der Waals surface area contributed by atoms with E-state index in [2.05, 4.69) is 11.8 Å². The van der Waals surface area contributed by atoms with Gasteiger partial charge in [-0.3, -0.25) is 9.69 Å². The third kappa shape index (κ3) is 6.78. The van der Waals surface area contributed by atoms with Gasteiger partial charge in [0.25, 0.3) is 5.91 Å². The zero-order valence-corrected chi connectivity index (χ0v) is 20.7. The summed E-state index contributed by atoms with van der Waals surface area (Å²) in [6, 6.07) is 11.9. The summed E-state index contributed by atoms with van der Waals surface area (Å²) in [6.45, 7) is 7.78. The van der Waals surface area contributed by atoms with Crippen LogP contribution in [0.25, 0.3) is 0 Å². The standard InChI is InChI=1S/C26H33ClFN3O3/c1-17-14-31(18(2)13-30(17)15-20-4-7-23(28)8-5-20)26(33)16-34-25-9-6-22(27)11-24(25)21(12-29)10-19(3)32/h4-9,11,17-18,21H,10,12-16,29H2,1-3H3/t17-,18+,21?/m0/s1. The molecule has 1 fully saturated rings. The monoisotopic (exact) mass is 489 g/mol. The van der Waals surface area contributed by atoms with E-state index in [9.17, 15) is 14.0 Å². The molecular formula is C26H33ClFN3O3. The van der Waals surface area contributed by atoms with Crippen molar-refractivity contribution in [3.8, 4) is 5.75 Å². The number of piperazine rings is 1. The predicted octanol–water partition coefficient (Wildman–Crippen LogP) is 4.00. The molecule has 8 heteroatoms. The van der Waals surface area contributed by atoms with Crippen LogP contribution in [0.15, 0.2) is 42.5 Å². The minimum absolute atomic E-state index is 0.00643. The highest BCUT2D eigenvalue weighted by Crippen LogP contribution is 2.32. The van der Waals surface area contributed by atoms with Crippen molar-refractivity contribution in [2.75, 3.05) is 26.2 Å². The number of rotatable bonds is 9. The lowest BCUT2D eigenvalue weighted by atomic mass is 9.93. The first-order valence-corrected chi connectivity index (χ1v) is 12.0. The lowest BCUT2D eigenvalue weighted by Crippen LogP contribution is -2.58. The molecule has 0 radical (unpaired) electrons. The molecule has 1 heterocycles. The normalized spacial score (nSPS) is 19.6. The summed E-state index contributed by atoms with van der Waals surface area (Å²) in [5, 5.41) is 0.524. The van der Waals surface area contributed by atoms with Crippen molar-refractivity contribution in [2.24, 2.45) is 5.73 Å². The summed E-state index contributed by atoms with van der Waals surface area (Å²) < 4.78 is 19.1. The van der Waals surface area contributed by atoms with E-state index in [1.807, 2.05) is 11.8 Å². The average Bonchev–Trinajstić information content (AvgIpc) is 2.80. The Balaban J connectivity index is 1.63. The summed E-state index contributed by atoms with van der Waals surface area (Å²) in [6.07, 6.45) is 0.283. The summed E-state index contributed by atoms with van der Waals surface area (Å²) in [7, 11) is 0. The van der Waals surface area contributed by atoms with Gasteiger partial charge >= 0.3 is 0 Å². The maximum atomic E-state index is 13.2. The molecule has 3 atom stereocenters. The molecule has 0 aliphatic carbocycles. The Morgan fingerprint density at radius 1 is 1.15 bits per heavy atom. The fraction of sp³-hybridized carbons (Fsp3) is 0.462. The van der Waals surface area contributed by atoms with Crippen LogP contribution in [0.3, 0.4) is 0 Å².